The Hall–Kier alpha value is -1.36. The summed E-state index contributed by atoms with van der Waals surface area (Å²) in [7, 11) is 0. The Kier molecular flexibility index (Phi) is 7.10. The highest BCUT2D eigenvalue weighted by molar-refractivity contribution is 6.28. The summed E-state index contributed by atoms with van der Waals surface area (Å²) < 4.78 is 0. The lowest BCUT2D eigenvalue weighted by Crippen LogP contribution is -2.10. The Bertz CT molecular complexity index is 369. The van der Waals surface area contributed by atoms with Crippen molar-refractivity contribution in [1.29, 1.82) is 0 Å². The van der Waals surface area contributed by atoms with Crippen molar-refractivity contribution in [3.63, 3.8) is 0 Å². The molecule has 0 unspecified atom stereocenters. The van der Waals surface area contributed by atoms with Crippen LogP contribution in [0.1, 0.15) is 32.6 Å². The van der Waals surface area contributed by atoms with Gasteiger partial charge in [-0.1, -0.05) is 32.3 Å². The molecule has 0 amide bonds. The molecule has 0 saturated carbocycles. The zero-order valence-corrected chi connectivity index (χ0v) is 11.5. The molecule has 0 aliphatic heterocycles. The first-order chi connectivity index (χ1) is 8.76. The SMILES string of the molecule is C=CCNc1nc(Cl)nc(NCCCCCC)n1. The molecule has 100 valence electrons. The van der Waals surface area contributed by atoms with Gasteiger partial charge in [0.25, 0.3) is 0 Å². The average Bonchev–Trinajstić information content (AvgIpc) is 2.35. The quantitative estimate of drug-likeness (QED) is 0.533. The van der Waals surface area contributed by atoms with Crippen LogP contribution in [0, 0.1) is 0 Å². The average molecular weight is 270 g/mol. The normalized spacial score (nSPS) is 10.1. The molecule has 5 nitrogen and oxygen atoms in total. The minimum atomic E-state index is 0.188. The number of halogens is 1. The fraction of sp³-hybridized carbons (Fsp3) is 0.583. The molecule has 6 heteroatoms. The third-order valence-electron chi connectivity index (χ3n) is 2.33. The lowest BCUT2D eigenvalue weighted by molar-refractivity contribution is 0.683. The second kappa shape index (κ2) is 8.69. The highest BCUT2D eigenvalue weighted by Crippen LogP contribution is 2.09. The molecule has 0 aromatic carbocycles. The van der Waals surface area contributed by atoms with Crippen LogP contribution in [0.3, 0.4) is 0 Å². The van der Waals surface area contributed by atoms with Gasteiger partial charge in [-0.2, -0.15) is 15.0 Å². The fourth-order valence-electron chi connectivity index (χ4n) is 1.42. The number of rotatable bonds is 9. The molecule has 0 aliphatic rings. The minimum absolute atomic E-state index is 0.188. The minimum Gasteiger partial charge on any atom is -0.354 e. The van der Waals surface area contributed by atoms with Crippen molar-refractivity contribution in [2.75, 3.05) is 23.7 Å². The van der Waals surface area contributed by atoms with Crippen LogP contribution in [0.25, 0.3) is 0 Å². The first-order valence-corrected chi connectivity index (χ1v) is 6.64. The highest BCUT2D eigenvalue weighted by Gasteiger charge is 2.03. The van der Waals surface area contributed by atoms with E-state index in [1.54, 1.807) is 6.08 Å². The maximum Gasteiger partial charge on any atom is 0.229 e. The summed E-state index contributed by atoms with van der Waals surface area (Å²) >= 11 is 5.82. The number of aromatic nitrogens is 3. The van der Waals surface area contributed by atoms with Crippen molar-refractivity contribution >= 4 is 23.5 Å². The number of nitrogens with one attached hydrogen (secondary N) is 2. The third-order valence-corrected chi connectivity index (χ3v) is 2.50. The number of nitrogens with zero attached hydrogens (tertiary/aromatic N) is 3. The van der Waals surface area contributed by atoms with E-state index in [4.69, 9.17) is 11.6 Å². The van der Waals surface area contributed by atoms with E-state index < -0.39 is 0 Å². The smallest absolute Gasteiger partial charge is 0.229 e. The first-order valence-electron chi connectivity index (χ1n) is 6.26. The van der Waals surface area contributed by atoms with Crippen molar-refractivity contribution in [1.82, 2.24) is 15.0 Å². The van der Waals surface area contributed by atoms with Crippen LogP contribution in [-0.4, -0.2) is 28.0 Å². The summed E-state index contributed by atoms with van der Waals surface area (Å²) in [5.41, 5.74) is 0. The maximum atomic E-state index is 5.82. The van der Waals surface area contributed by atoms with E-state index in [-0.39, 0.29) is 5.28 Å². The number of anilines is 2. The zero-order chi connectivity index (χ0) is 13.2. The maximum absolute atomic E-state index is 5.82. The molecule has 0 saturated heterocycles. The summed E-state index contributed by atoms with van der Waals surface area (Å²) in [6.07, 6.45) is 6.53. The zero-order valence-electron chi connectivity index (χ0n) is 10.7. The second-order valence-electron chi connectivity index (χ2n) is 3.91. The molecule has 0 radical (unpaired) electrons. The van der Waals surface area contributed by atoms with Crippen LogP contribution >= 0.6 is 11.6 Å². The standard InChI is InChI=1S/C12H20ClN5/c1-3-5-6-7-9-15-12-17-10(13)16-11(18-12)14-8-4-2/h4H,2-3,5-9H2,1H3,(H2,14,15,16,17,18). The van der Waals surface area contributed by atoms with Crippen LogP contribution in [0.4, 0.5) is 11.9 Å². The largest absolute Gasteiger partial charge is 0.354 e. The molecule has 0 atom stereocenters. The van der Waals surface area contributed by atoms with Gasteiger partial charge >= 0.3 is 0 Å². The lowest BCUT2D eigenvalue weighted by Gasteiger charge is -2.07. The third kappa shape index (κ3) is 5.82. The predicted molar refractivity (Wildman–Crippen MR) is 76.2 cm³/mol. The van der Waals surface area contributed by atoms with Crippen molar-refractivity contribution in [3.8, 4) is 0 Å². The van der Waals surface area contributed by atoms with Gasteiger partial charge in [0.2, 0.25) is 17.2 Å². The Morgan fingerprint density at radius 2 is 1.83 bits per heavy atom. The molecular formula is C12H20ClN5. The molecule has 1 rings (SSSR count). The van der Waals surface area contributed by atoms with E-state index in [9.17, 15) is 0 Å². The molecule has 18 heavy (non-hydrogen) atoms. The Morgan fingerprint density at radius 1 is 1.11 bits per heavy atom. The van der Waals surface area contributed by atoms with Crippen LogP contribution in [0.15, 0.2) is 12.7 Å². The van der Waals surface area contributed by atoms with E-state index in [1.165, 1.54) is 19.3 Å². The number of hydrogen-bond acceptors (Lipinski definition) is 5. The molecule has 1 aromatic heterocycles. The molecular weight excluding hydrogens is 250 g/mol. The highest BCUT2D eigenvalue weighted by atomic mass is 35.5. The van der Waals surface area contributed by atoms with Crippen molar-refractivity contribution in [2.24, 2.45) is 0 Å². The van der Waals surface area contributed by atoms with Gasteiger partial charge in [0.15, 0.2) is 0 Å². The predicted octanol–water partition coefficient (Wildman–Crippen LogP) is 3.12. The van der Waals surface area contributed by atoms with Gasteiger partial charge in [0.1, 0.15) is 0 Å². The topological polar surface area (TPSA) is 62.7 Å². The van der Waals surface area contributed by atoms with Gasteiger partial charge in [-0.05, 0) is 18.0 Å². The number of unbranched alkanes of at least 4 members (excludes halogenated alkanes) is 3. The van der Waals surface area contributed by atoms with Gasteiger partial charge in [-0.25, -0.2) is 0 Å². The van der Waals surface area contributed by atoms with E-state index >= 15 is 0 Å². The van der Waals surface area contributed by atoms with Gasteiger partial charge in [-0.3, -0.25) is 0 Å². The summed E-state index contributed by atoms with van der Waals surface area (Å²) in [5, 5.41) is 6.32. The summed E-state index contributed by atoms with van der Waals surface area (Å²) in [6, 6.07) is 0. The Labute approximate surface area is 113 Å². The molecule has 0 bridgehead atoms. The van der Waals surface area contributed by atoms with Crippen LogP contribution in [0.2, 0.25) is 5.28 Å². The van der Waals surface area contributed by atoms with Crippen molar-refractivity contribution < 1.29 is 0 Å². The van der Waals surface area contributed by atoms with Crippen LogP contribution in [-0.2, 0) is 0 Å². The molecule has 0 spiro atoms. The van der Waals surface area contributed by atoms with Gasteiger partial charge in [0, 0.05) is 13.1 Å². The monoisotopic (exact) mass is 269 g/mol. The molecule has 0 fully saturated rings. The van der Waals surface area contributed by atoms with Crippen LogP contribution in [0.5, 0.6) is 0 Å². The van der Waals surface area contributed by atoms with Crippen molar-refractivity contribution in [2.45, 2.75) is 32.6 Å². The van der Waals surface area contributed by atoms with E-state index in [0.29, 0.717) is 18.4 Å². The summed E-state index contributed by atoms with van der Waals surface area (Å²) in [6.45, 7) is 7.25. The molecule has 0 aliphatic carbocycles. The first kappa shape index (κ1) is 14.7. The van der Waals surface area contributed by atoms with E-state index in [2.05, 4.69) is 39.1 Å². The molecule has 1 heterocycles. The lowest BCUT2D eigenvalue weighted by atomic mass is 10.2. The van der Waals surface area contributed by atoms with Crippen molar-refractivity contribution in [3.05, 3.63) is 17.9 Å². The molecule has 1 aromatic rings. The Balaban J connectivity index is 2.43. The summed E-state index contributed by atoms with van der Waals surface area (Å²) in [5.74, 6) is 0.976. The molecule has 2 N–H and O–H groups in total. The second-order valence-corrected chi connectivity index (χ2v) is 4.25. The fourth-order valence-corrected chi connectivity index (χ4v) is 1.58. The van der Waals surface area contributed by atoms with Crippen LogP contribution < -0.4 is 10.6 Å². The van der Waals surface area contributed by atoms with E-state index in [1.807, 2.05) is 0 Å². The van der Waals surface area contributed by atoms with Gasteiger partial charge < -0.3 is 10.6 Å². The van der Waals surface area contributed by atoms with Gasteiger partial charge in [-0.15, -0.1) is 6.58 Å². The summed E-state index contributed by atoms with van der Waals surface area (Å²) in [4.78, 5) is 12.2. The number of hydrogen-bond donors (Lipinski definition) is 2. The Morgan fingerprint density at radius 3 is 2.50 bits per heavy atom. The van der Waals surface area contributed by atoms with E-state index in [0.717, 1.165) is 13.0 Å². The van der Waals surface area contributed by atoms with Gasteiger partial charge in [0.05, 0.1) is 0 Å².